The molecule has 19 heavy (non-hydrogen) atoms. The first-order chi connectivity index (χ1) is 8.67. The number of rotatable bonds is 5. The Morgan fingerprint density at radius 1 is 1.47 bits per heavy atom. The summed E-state index contributed by atoms with van der Waals surface area (Å²) in [6.45, 7) is 3.28. The summed E-state index contributed by atoms with van der Waals surface area (Å²) in [6, 6.07) is 0. The van der Waals surface area contributed by atoms with E-state index < -0.39 is 24.7 Å². The van der Waals surface area contributed by atoms with Crippen LogP contribution in [0.5, 0.6) is 0 Å². The molecule has 0 aromatic heterocycles. The number of carbonyl (C=O) groups is 1. The van der Waals surface area contributed by atoms with Gasteiger partial charge in [-0.15, -0.1) is 0 Å². The first kappa shape index (κ1) is 16.2. The standard InChI is InChI=1S/C12H21F3N2O2/c1-9(2)5-17(8-12(13,14)15)11(19)7-16-4-3-10(18)6-16/h9-10,18H,3-8H2,1-2H3/t10-/m1/s1. The second-order valence-electron chi connectivity index (χ2n) is 5.46. The molecule has 1 atom stereocenters. The van der Waals surface area contributed by atoms with E-state index in [0.29, 0.717) is 19.5 Å². The summed E-state index contributed by atoms with van der Waals surface area (Å²) in [5.74, 6) is -0.546. The van der Waals surface area contributed by atoms with Gasteiger partial charge in [0, 0.05) is 19.6 Å². The smallest absolute Gasteiger partial charge is 0.392 e. The fraction of sp³-hybridized carbons (Fsp3) is 0.917. The van der Waals surface area contributed by atoms with Gasteiger partial charge in [0.15, 0.2) is 0 Å². The van der Waals surface area contributed by atoms with Crippen molar-refractivity contribution < 1.29 is 23.1 Å². The van der Waals surface area contributed by atoms with E-state index in [4.69, 9.17) is 0 Å². The van der Waals surface area contributed by atoms with Crippen molar-refractivity contribution >= 4 is 5.91 Å². The van der Waals surface area contributed by atoms with Gasteiger partial charge < -0.3 is 10.0 Å². The maximum atomic E-state index is 12.4. The Morgan fingerprint density at radius 2 is 2.11 bits per heavy atom. The Hall–Kier alpha value is -0.820. The monoisotopic (exact) mass is 282 g/mol. The number of hydrogen-bond donors (Lipinski definition) is 1. The summed E-state index contributed by atoms with van der Waals surface area (Å²) >= 11 is 0. The van der Waals surface area contributed by atoms with Gasteiger partial charge in [-0.3, -0.25) is 9.69 Å². The lowest BCUT2D eigenvalue weighted by molar-refractivity contribution is -0.162. The van der Waals surface area contributed by atoms with Gasteiger partial charge in [-0.25, -0.2) is 0 Å². The van der Waals surface area contributed by atoms with E-state index >= 15 is 0 Å². The number of β-amino-alcohol motifs (C(OH)–C–C–N with tert-alkyl or cyclic N) is 1. The molecule has 1 rings (SSSR count). The average molecular weight is 282 g/mol. The van der Waals surface area contributed by atoms with Crippen molar-refractivity contribution in [3.05, 3.63) is 0 Å². The van der Waals surface area contributed by atoms with Crippen molar-refractivity contribution in [1.29, 1.82) is 0 Å². The summed E-state index contributed by atoms with van der Waals surface area (Å²) in [7, 11) is 0. The van der Waals surface area contributed by atoms with Gasteiger partial charge in [0.25, 0.3) is 0 Å². The molecule has 0 aromatic rings. The maximum absolute atomic E-state index is 12.4. The van der Waals surface area contributed by atoms with Crippen LogP contribution in [-0.2, 0) is 4.79 Å². The third-order valence-electron chi connectivity index (χ3n) is 2.91. The van der Waals surface area contributed by atoms with Crippen molar-refractivity contribution in [1.82, 2.24) is 9.80 Å². The summed E-state index contributed by atoms with van der Waals surface area (Å²) < 4.78 is 37.3. The predicted octanol–water partition coefficient (Wildman–Crippen LogP) is 1.10. The molecule has 1 N–H and O–H groups in total. The normalized spacial score (nSPS) is 21.1. The largest absolute Gasteiger partial charge is 0.406 e. The van der Waals surface area contributed by atoms with Gasteiger partial charge >= 0.3 is 6.18 Å². The highest BCUT2D eigenvalue weighted by molar-refractivity contribution is 5.78. The molecule has 4 nitrogen and oxygen atoms in total. The quantitative estimate of drug-likeness (QED) is 0.821. The highest BCUT2D eigenvalue weighted by Gasteiger charge is 2.34. The zero-order valence-corrected chi connectivity index (χ0v) is 11.3. The molecule has 7 heteroatoms. The first-order valence-corrected chi connectivity index (χ1v) is 6.42. The summed E-state index contributed by atoms with van der Waals surface area (Å²) in [6.07, 6.45) is -4.29. The number of aliphatic hydroxyl groups is 1. The van der Waals surface area contributed by atoms with E-state index in [-0.39, 0.29) is 19.0 Å². The van der Waals surface area contributed by atoms with Crippen LogP contribution in [0.15, 0.2) is 0 Å². The second kappa shape index (κ2) is 6.56. The van der Waals surface area contributed by atoms with E-state index in [9.17, 15) is 23.1 Å². The minimum absolute atomic E-state index is 0.0181. The number of aliphatic hydroxyl groups excluding tert-OH is 1. The number of amides is 1. The minimum atomic E-state index is -4.38. The van der Waals surface area contributed by atoms with Crippen LogP contribution in [-0.4, -0.2) is 65.8 Å². The molecule has 0 bridgehead atoms. The highest BCUT2D eigenvalue weighted by atomic mass is 19.4. The van der Waals surface area contributed by atoms with Crippen LogP contribution in [0.4, 0.5) is 13.2 Å². The number of likely N-dealkylation sites (tertiary alicyclic amines) is 1. The Morgan fingerprint density at radius 3 is 2.53 bits per heavy atom. The van der Waals surface area contributed by atoms with E-state index in [1.165, 1.54) is 0 Å². The molecule has 1 heterocycles. The van der Waals surface area contributed by atoms with E-state index in [1.54, 1.807) is 18.7 Å². The predicted molar refractivity (Wildman–Crippen MR) is 64.5 cm³/mol. The number of carbonyl (C=O) groups excluding carboxylic acids is 1. The fourth-order valence-corrected chi connectivity index (χ4v) is 2.16. The Labute approximate surface area is 111 Å². The second-order valence-corrected chi connectivity index (χ2v) is 5.46. The molecule has 0 aromatic carbocycles. The maximum Gasteiger partial charge on any atom is 0.406 e. The Balaban J connectivity index is 2.55. The van der Waals surface area contributed by atoms with Crippen LogP contribution in [0.1, 0.15) is 20.3 Å². The van der Waals surface area contributed by atoms with Crippen molar-refractivity contribution in [2.24, 2.45) is 5.92 Å². The molecule has 0 unspecified atom stereocenters. The molecule has 112 valence electrons. The van der Waals surface area contributed by atoms with Gasteiger partial charge in [-0.2, -0.15) is 13.2 Å². The molecule has 0 radical (unpaired) electrons. The fourth-order valence-electron chi connectivity index (χ4n) is 2.16. The lowest BCUT2D eigenvalue weighted by Crippen LogP contribution is -2.45. The van der Waals surface area contributed by atoms with Gasteiger partial charge in [0.2, 0.25) is 5.91 Å². The molecule has 0 spiro atoms. The molecule has 1 aliphatic rings. The zero-order chi connectivity index (χ0) is 14.6. The molecule has 1 aliphatic heterocycles. The van der Waals surface area contributed by atoms with Gasteiger partial charge in [0.1, 0.15) is 6.54 Å². The van der Waals surface area contributed by atoms with Gasteiger partial charge in [-0.1, -0.05) is 13.8 Å². The average Bonchev–Trinajstić information content (AvgIpc) is 2.60. The van der Waals surface area contributed by atoms with E-state index in [1.807, 2.05) is 0 Å². The summed E-state index contributed by atoms with van der Waals surface area (Å²) in [5, 5.41) is 9.34. The summed E-state index contributed by atoms with van der Waals surface area (Å²) in [5.41, 5.74) is 0. The molecular weight excluding hydrogens is 261 g/mol. The molecule has 1 amide bonds. The van der Waals surface area contributed by atoms with Crippen molar-refractivity contribution in [3.63, 3.8) is 0 Å². The SMILES string of the molecule is CC(C)CN(CC(F)(F)F)C(=O)CN1CC[C@@H](O)C1. The molecule has 1 saturated heterocycles. The van der Waals surface area contributed by atoms with E-state index in [0.717, 1.165) is 4.90 Å². The van der Waals surface area contributed by atoms with Crippen molar-refractivity contribution in [2.45, 2.75) is 32.5 Å². The van der Waals surface area contributed by atoms with Crippen LogP contribution < -0.4 is 0 Å². The number of alkyl halides is 3. The topological polar surface area (TPSA) is 43.8 Å². The van der Waals surface area contributed by atoms with Crippen LogP contribution in [0, 0.1) is 5.92 Å². The van der Waals surface area contributed by atoms with Crippen molar-refractivity contribution in [2.75, 3.05) is 32.7 Å². The lowest BCUT2D eigenvalue weighted by Gasteiger charge is -2.27. The van der Waals surface area contributed by atoms with Crippen LogP contribution in [0.2, 0.25) is 0 Å². The van der Waals surface area contributed by atoms with E-state index in [2.05, 4.69) is 0 Å². The van der Waals surface area contributed by atoms with Crippen molar-refractivity contribution in [3.8, 4) is 0 Å². The van der Waals surface area contributed by atoms with Gasteiger partial charge in [0.05, 0.1) is 12.6 Å². The molecular formula is C12H21F3N2O2. The molecule has 0 saturated carbocycles. The van der Waals surface area contributed by atoms with Crippen LogP contribution in [0.3, 0.4) is 0 Å². The van der Waals surface area contributed by atoms with Crippen LogP contribution in [0.25, 0.3) is 0 Å². The third kappa shape index (κ3) is 6.24. The number of hydrogen-bond acceptors (Lipinski definition) is 3. The Kier molecular flexibility index (Phi) is 5.61. The molecule has 1 fully saturated rings. The highest BCUT2D eigenvalue weighted by Crippen LogP contribution is 2.18. The van der Waals surface area contributed by atoms with Gasteiger partial charge in [-0.05, 0) is 12.3 Å². The molecule has 0 aliphatic carbocycles. The first-order valence-electron chi connectivity index (χ1n) is 6.42. The lowest BCUT2D eigenvalue weighted by atomic mass is 10.2. The zero-order valence-electron chi connectivity index (χ0n) is 11.3. The summed E-state index contributed by atoms with van der Waals surface area (Å²) in [4.78, 5) is 14.5. The Bertz CT molecular complexity index is 308. The number of halogens is 3. The third-order valence-corrected chi connectivity index (χ3v) is 2.91. The van der Waals surface area contributed by atoms with Crippen LogP contribution >= 0.6 is 0 Å². The number of nitrogens with zero attached hydrogens (tertiary/aromatic N) is 2. The minimum Gasteiger partial charge on any atom is -0.392 e.